The van der Waals surface area contributed by atoms with Gasteiger partial charge in [0.2, 0.25) is 0 Å². The van der Waals surface area contributed by atoms with Crippen LogP contribution in [0.2, 0.25) is 0 Å². The highest BCUT2D eigenvalue weighted by Gasteiger charge is 2.53. The standard InChI is InChI=1S/C13H18BNO5/c1-12(2)13(3,4)20-14(19-12)10-8-9(18-5)6-7-11(10)15(16)17/h6-8H,1-5H3. The molecule has 0 saturated carbocycles. The van der Waals surface area contributed by atoms with Crippen molar-refractivity contribution in [2.75, 3.05) is 7.11 Å². The smallest absolute Gasteiger partial charge is 0.497 e. The molecule has 6 nitrogen and oxygen atoms in total. The molecule has 0 unspecified atom stereocenters. The lowest BCUT2D eigenvalue weighted by atomic mass is 9.77. The third kappa shape index (κ3) is 2.38. The lowest BCUT2D eigenvalue weighted by Gasteiger charge is -2.32. The first-order valence-corrected chi connectivity index (χ1v) is 6.36. The van der Waals surface area contributed by atoms with Crippen molar-refractivity contribution in [1.29, 1.82) is 0 Å². The number of rotatable bonds is 3. The van der Waals surface area contributed by atoms with Crippen molar-refractivity contribution < 1.29 is 19.0 Å². The molecule has 0 aliphatic carbocycles. The Hall–Kier alpha value is -1.60. The van der Waals surface area contributed by atoms with Crippen LogP contribution in [0.3, 0.4) is 0 Å². The van der Waals surface area contributed by atoms with E-state index in [2.05, 4.69) is 0 Å². The van der Waals surface area contributed by atoms with Gasteiger partial charge in [-0.25, -0.2) is 0 Å². The molecule has 20 heavy (non-hydrogen) atoms. The molecule has 1 aromatic rings. The fraction of sp³-hybridized carbons (Fsp3) is 0.538. The minimum Gasteiger partial charge on any atom is -0.497 e. The van der Waals surface area contributed by atoms with Gasteiger partial charge >= 0.3 is 7.12 Å². The largest absolute Gasteiger partial charge is 0.502 e. The highest BCUT2D eigenvalue weighted by molar-refractivity contribution is 6.63. The van der Waals surface area contributed by atoms with Crippen molar-refractivity contribution in [3.05, 3.63) is 28.3 Å². The van der Waals surface area contributed by atoms with Gasteiger partial charge in [0.25, 0.3) is 5.69 Å². The fourth-order valence-corrected chi connectivity index (χ4v) is 1.98. The van der Waals surface area contributed by atoms with Gasteiger partial charge in [-0.3, -0.25) is 10.1 Å². The molecular formula is C13H18BNO5. The first kappa shape index (κ1) is 14.8. The maximum absolute atomic E-state index is 11.2. The van der Waals surface area contributed by atoms with Gasteiger partial charge in [0.05, 0.1) is 28.7 Å². The third-order valence-corrected chi connectivity index (χ3v) is 3.94. The second-order valence-electron chi connectivity index (χ2n) is 5.77. The van der Waals surface area contributed by atoms with E-state index >= 15 is 0 Å². The van der Waals surface area contributed by atoms with E-state index in [1.54, 1.807) is 12.1 Å². The number of nitro benzene ring substituents is 1. The summed E-state index contributed by atoms with van der Waals surface area (Å²) in [6.45, 7) is 7.61. The molecule has 108 valence electrons. The van der Waals surface area contributed by atoms with Crippen LogP contribution in [-0.2, 0) is 9.31 Å². The summed E-state index contributed by atoms with van der Waals surface area (Å²) in [6.07, 6.45) is 0. The Morgan fingerprint density at radius 2 is 1.75 bits per heavy atom. The van der Waals surface area contributed by atoms with E-state index in [1.807, 2.05) is 27.7 Å². The van der Waals surface area contributed by atoms with Crippen LogP contribution in [0.25, 0.3) is 0 Å². The molecule has 1 saturated heterocycles. The number of nitrogens with zero attached hydrogens (tertiary/aromatic N) is 1. The van der Waals surface area contributed by atoms with Gasteiger partial charge in [0.15, 0.2) is 0 Å². The van der Waals surface area contributed by atoms with E-state index < -0.39 is 23.2 Å². The Morgan fingerprint density at radius 1 is 1.20 bits per heavy atom. The van der Waals surface area contributed by atoms with Gasteiger partial charge in [0, 0.05) is 6.07 Å². The Labute approximate surface area is 118 Å². The molecule has 1 aliphatic heterocycles. The minimum atomic E-state index is -0.782. The summed E-state index contributed by atoms with van der Waals surface area (Å²) >= 11 is 0. The number of methoxy groups -OCH3 is 1. The van der Waals surface area contributed by atoms with Crippen LogP contribution in [0.4, 0.5) is 5.69 Å². The summed E-state index contributed by atoms with van der Waals surface area (Å²) in [4.78, 5) is 10.7. The van der Waals surface area contributed by atoms with Crippen LogP contribution >= 0.6 is 0 Å². The second kappa shape index (κ2) is 4.75. The molecule has 2 rings (SSSR count). The normalized spacial score (nSPS) is 19.9. The van der Waals surface area contributed by atoms with Crippen molar-refractivity contribution >= 4 is 18.3 Å². The summed E-state index contributed by atoms with van der Waals surface area (Å²) in [5.41, 5.74) is -0.763. The van der Waals surface area contributed by atoms with Gasteiger partial charge in [-0.2, -0.15) is 0 Å². The van der Waals surface area contributed by atoms with E-state index in [-0.39, 0.29) is 5.69 Å². The first-order chi connectivity index (χ1) is 9.18. The van der Waals surface area contributed by atoms with E-state index in [0.29, 0.717) is 11.2 Å². The van der Waals surface area contributed by atoms with Crippen molar-refractivity contribution in [2.24, 2.45) is 0 Å². The van der Waals surface area contributed by atoms with Crippen LogP contribution < -0.4 is 10.2 Å². The van der Waals surface area contributed by atoms with Crippen molar-refractivity contribution in [3.63, 3.8) is 0 Å². The average Bonchev–Trinajstić information content (AvgIpc) is 2.57. The van der Waals surface area contributed by atoms with Gasteiger partial charge in [-0.1, -0.05) is 0 Å². The van der Waals surface area contributed by atoms with Gasteiger partial charge in [0.1, 0.15) is 5.75 Å². The molecule has 0 spiro atoms. The van der Waals surface area contributed by atoms with Gasteiger partial charge in [-0.05, 0) is 39.8 Å². The van der Waals surface area contributed by atoms with E-state index in [0.717, 1.165) is 0 Å². The maximum Gasteiger partial charge on any atom is 0.502 e. The lowest BCUT2D eigenvalue weighted by molar-refractivity contribution is -0.383. The summed E-state index contributed by atoms with van der Waals surface area (Å²) in [5.74, 6) is 0.528. The molecule has 1 aromatic carbocycles. The number of nitro groups is 1. The van der Waals surface area contributed by atoms with E-state index in [4.69, 9.17) is 14.0 Å². The highest BCUT2D eigenvalue weighted by atomic mass is 16.7. The maximum atomic E-state index is 11.2. The van der Waals surface area contributed by atoms with Crippen LogP contribution in [-0.4, -0.2) is 30.4 Å². The highest BCUT2D eigenvalue weighted by Crippen LogP contribution is 2.37. The fourth-order valence-electron chi connectivity index (χ4n) is 1.98. The molecule has 1 aliphatic rings. The van der Waals surface area contributed by atoms with Crippen molar-refractivity contribution in [2.45, 2.75) is 38.9 Å². The first-order valence-electron chi connectivity index (χ1n) is 6.36. The van der Waals surface area contributed by atoms with Crippen LogP contribution in [0.1, 0.15) is 27.7 Å². The van der Waals surface area contributed by atoms with Crippen molar-refractivity contribution in [1.82, 2.24) is 0 Å². The predicted molar refractivity (Wildman–Crippen MR) is 75.4 cm³/mol. The molecule has 1 fully saturated rings. The minimum absolute atomic E-state index is 0.0377. The third-order valence-electron chi connectivity index (χ3n) is 3.94. The molecule has 0 atom stereocenters. The second-order valence-corrected chi connectivity index (χ2v) is 5.77. The number of ether oxygens (including phenoxy) is 1. The zero-order valence-electron chi connectivity index (χ0n) is 12.3. The Kier molecular flexibility index (Phi) is 3.52. The molecule has 0 radical (unpaired) electrons. The average molecular weight is 279 g/mol. The molecule has 0 bridgehead atoms. The van der Waals surface area contributed by atoms with Crippen LogP contribution in [0.5, 0.6) is 5.75 Å². The van der Waals surface area contributed by atoms with Crippen molar-refractivity contribution in [3.8, 4) is 5.75 Å². The SMILES string of the molecule is COc1ccc([N+](=O)[O-])c(B2OC(C)(C)C(C)(C)O2)c1. The van der Waals surface area contributed by atoms with Crippen LogP contribution in [0, 0.1) is 10.1 Å². The number of hydrogen-bond donors (Lipinski definition) is 0. The summed E-state index contributed by atoms with van der Waals surface area (Å²) in [7, 11) is 0.727. The van der Waals surface area contributed by atoms with E-state index in [1.165, 1.54) is 13.2 Å². The van der Waals surface area contributed by atoms with Gasteiger partial charge in [-0.15, -0.1) is 0 Å². The van der Waals surface area contributed by atoms with Crippen LogP contribution in [0.15, 0.2) is 18.2 Å². The lowest BCUT2D eigenvalue weighted by Crippen LogP contribution is -2.41. The Morgan fingerprint density at radius 3 is 2.20 bits per heavy atom. The summed E-state index contributed by atoms with van der Waals surface area (Å²) < 4.78 is 16.8. The monoisotopic (exact) mass is 279 g/mol. The molecule has 7 heteroatoms. The van der Waals surface area contributed by atoms with E-state index in [9.17, 15) is 10.1 Å². The number of benzene rings is 1. The molecular weight excluding hydrogens is 261 g/mol. The quantitative estimate of drug-likeness (QED) is 0.480. The zero-order chi connectivity index (χ0) is 15.1. The molecule has 1 heterocycles. The molecule has 0 aromatic heterocycles. The Bertz CT molecular complexity index is 528. The number of hydrogen-bond acceptors (Lipinski definition) is 5. The summed E-state index contributed by atoms with van der Waals surface area (Å²) in [5, 5.41) is 11.2. The molecule has 0 N–H and O–H groups in total. The van der Waals surface area contributed by atoms with Gasteiger partial charge < -0.3 is 14.0 Å². The summed E-state index contributed by atoms with van der Waals surface area (Å²) in [6, 6.07) is 4.53. The zero-order valence-corrected chi connectivity index (χ0v) is 12.3. The topological polar surface area (TPSA) is 70.8 Å². The molecule has 0 amide bonds. The predicted octanol–water partition coefficient (Wildman–Crippen LogP) is 1.90. The Balaban J connectivity index is 2.45.